The van der Waals surface area contributed by atoms with E-state index in [1.165, 1.54) is 0 Å². The predicted octanol–water partition coefficient (Wildman–Crippen LogP) is 4.28. The number of esters is 1. The van der Waals surface area contributed by atoms with Crippen LogP contribution in [0.4, 0.5) is 0 Å². The Hall–Kier alpha value is -2.34. The van der Waals surface area contributed by atoms with E-state index in [-0.39, 0.29) is 6.61 Å². The summed E-state index contributed by atoms with van der Waals surface area (Å²) in [5.41, 5.74) is 1.43. The molecule has 5 nitrogen and oxygen atoms in total. The number of benzene rings is 1. The van der Waals surface area contributed by atoms with Crippen molar-refractivity contribution in [2.75, 3.05) is 0 Å². The van der Waals surface area contributed by atoms with Gasteiger partial charge in [-0.15, -0.1) is 0 Å². The largest absolute Gasteiger partial charge is 0.451 e. The normalized spacial score (nSPS) is 10.7. The van der Waals surface area contributed by atoms with Gasteiger partial charge in [-0.25, -0.2) is 9.78 Å². The van der Waals surface area contributed by atoms with E-state index < -0.39 is 5.97 Å². The number of aryl methyl sites for hydroxylation is 1. The smallest absolute Gasteiger partial charge is 0.355 e. The Labute approximate surface area is 142 Å². The Kier molecular flexibility index (Phi) is 4.62. The van der Waals surface area contributed by atoms with Crippen LogP contribution in [0.5, 0.6) is 0 Å². The molecule has 0 saturated heterocycles. The van der Waals surface area contributed by atoms with E-state index in [2.05, 4.69) is 20.9 Å². The van der Waals surface area contributed by atoms with Crippen LogP contribution in [0.2, 0.25) is 0 Å². The van der Waals surface area contributed by atoms with E-state index in [1.54, 1.807) is 12.3 Å². The fourth-order valence-electron chi connectivity index (χ4n) is 2.22. The number of hydrogen-bond acceptors (Lipinski definition) is 4. The van der Waals surface area contributed by atoms with Gasteiger partial charge in [-0.2, -0.15) is 0 Å². The SMILES string of the molecule is CCn1cc(Br)cc1C(=O)OCc1ncc(-c2ccccc2)o1. The molecule has 6 heteroatoms. The molecule has 0 aliphatic heterocycles. The Bertz CT molecular complexity index is 808. The quantitative estimate of drug-likeness (QED) is 0.625. The van der Waals surface area contributed by atoms with Gasteiger partial charge >= 0.3 is 5.97 Å². The number of carbonyl (C=O) groups excluding carboxylic acids is 1. The maximum Gasteiger partial charge on any atom is 0.355 e. The molecule has 2 aromatic heterocycles. The highest BCUT2D eigenvalue weighted by atomic mass is 79.9. The Morgan fingerprint density at radius 2 is 2.13 bits per heavy atom. The highest BCUT2D eigenvalue weighted by Gasteiger charge is 2.15. The molecule has 0 bridgehead atoms. The molecule has 23 heavy (non-hydrogen) atoms. The van der Waals surface area contributed by atoms with Crippen LogP contribution in [-0.4, -0.2) is 15.5 Å². The van der Waals surface area contributed by atoms with Gasteiger partial charge in [0.05, 0.1) is 6.20 Å². The third-order valence-corrected chi connectivity index (χ3v) is 3.79. The van der Waals surface area contributed by atoms with E-state index in [1.807, 2.05) is 48.0 Å². The maximum atomic E-state index is 12.2. The van der Waals surface area contributed by atoms with Gasteiger partial charge in [0.25, 0.3) is 0 Å². The fraction of sp³-hybridized carbons (Fsp3) is 0.176. The predicted molar refractivity (Wildman–Crippen MR) is 88.9 cm³/mol. The molecule has 0 unspecified atom stereocenters. The second kappa shape index (κ2) is 6.83. The van der Waals surface area contributed by atoms with Gasteiger partial charge in [0.2, 0.25) is 5.89 Å². The molecule has 0 aliphatic carbocycles. The molecule has 0 radical (unpaired) electrons. The van der Waals surface area contributed by atoms with Gasteiger partial charge in [-0.3, -0.25) is 0 Å². The molecule has 0 spiro atoms. The molecule has 118 valence electrons. The number of carbonyl (C=O) groups is 1. The standard InChI is InChI=1S/C17H15BrN2O3/c1-2-20-10-13(18)8-14(20)17(21)22-11-16-19-9-15(23-16)12-6-4-3-5-7-12/h3-10H,2,11H2,1H3. The minimum atomic E-state index is -0.406. The number of oxazole rings is 1. The Morgan fingerprint density at radius 3 is 2.87 bits per heavy atom. The highest BCUT2D eigenvalue weighted by Crippen LogP contribution is 2.21. The van der Waals surface area contributed by atoms with Crippen molar-refractivity contribution in [1.29, 1.82) is 0 Å². The summed E-state index contributed by atoms with van der Waals surface area (Å²) in [7, 11) is 0. The third-order valence-electron chi connectivity index (χ3n) is 3.35. The Balaban J connectivity index is 1.67. The number of halogens is 1. The summed E-state index contributed by atoms with van der Waals surface area (Å²) in [5, 5.41) is 0. The first-order valence-corrected chi connectivity index (χ1v) is 7.99. The van der Waals surface area contributed by atoms with E-state index in [0.29, 0.717) is 23.9 Å². The lowest BCUT2D eigenvalue weighted by molar-refractivity contribution is 0.0426. The highest BCUT2D eigenvalue weighted by molar-refractivity contribution is 9.10. The van der Waals surface area contributed by atoms with Crippen molar-refractivity contribution in [3.8, 4) is 11.3 Å². The second-order valence-corrected chi connectivity index (χ2v) is 5.81. The molecule has 0 aliphatic rings. The van der Waals surface area contributed by atoms with Crippen LogP contribution < -0.4 is 0 Å². The van der Waals surface area contributed by atoms with Gasteiger partial charge in [-0.1, -0.05) is 30.3 Å². The van der Waals surface area contributed by atoms with Gasteiger partial charge < -0.3 is 13.7 Å². The number of rotatable bonds is 5. The topological polar surface area (TPSA) is 57.3 Å². The number of nitrogens with zero attached hydrogens (tertiary/aromatic N) is 2. The van der Waals surface area contributed by atoms with Crippen LogP contribution in [0.15, 0.2) is 57.7 Å². The zero-order valence-electron chi connectivity index (χ0n) is 12.5. The van der Waals surface area contributed by atoms with Crippen molar-refractivity contribution in [1.82, 2.24) is 9.55 Å². The van der Waals surface area contributed by atoms with Crippen LogP contribution in [0, 0.1) is 0 Å². The molecule has 0 saturated carbocycles. The van der Waals surface area contributed by atoms with E-state index >= 15 is 0 Å². The molecule has 0 fully saturated rings. The van der Waals surface area contributed by atoms with Gasteiger partial charge in [0, 0.05) is 22.8 Å². The zero-order chi connectivity index (χ0) is 16.2. The van der Waals surface area contributed by atoms with Crippen LogP contribution in [-0.2, 0) is 17.9 Å². The third kappa shape index (κ3) is 3.53. The molecule has 0 amide bonds. The zero-order valence-corrected chi connectivity index (χ0v) is 14.1. The lowest BCUT2D eigenvalue weighted by Crippen LogP contribution is -2.11. The molecule has 1 aromatic carbocycles. The van der Waals surface area contributed by atoms with Crippen molar-refractivity contribution >= 4 is 21.9 Å². The van der Waals surface area contributed by atoms with E-state index in [4.69, 9.17) is 9.15 Å². The fourth-order valence-corrected chi connectivity index (χ4v) is 2.69. The first-order valence-electron chi connectivity index (χ1n) is 7.20. The van der Waals surface area contributed by atoms with E-state index in [9.17, 15) is 4.79 Å². The first kappa shape index (κ1) is 15.6. The van der Waals surface area contributed by atoms with E-state index in [0.717, 1.165) is 10.0 Å². The molecule has 3 aromatic rings. The average molecular weight is 375 g/mol. The summed E-state index contributed by atoms with van der Waals surface area (Å²) < 4.78 is 13.6. The maximum absolute atomic E-state index is 12.2. The molecule has 0 atom stereocenters. The monoisotopic (exact) mass is 374 g/mol. The summed E-state index contributed by atoms with van der Waals surface area (Å²) in [5.74, 6) is 0.610. The Morgan fingerprint density at radius 1 is 1.35 bits per heavy atom. The average Bonchev–Trinajstić information content (AvgIpc) is 3.20. The first-order chi connectivity index (χ1) is 11.2. The molecule has 0 N–H and O–H groups in total. The lowest BCUT2D eigenvalue weighted by atomic mass is 10.2. The second-order valence-electron chi connectivity index (χ2n) is 4.89. The van der Waals surface area contributed by atoms with Crippen molar-refractivity contribution in [2.45, 2.75) is 20.1 Å². The molecule has 2 heterocycles. The summed E-state index contributed by atoms with van der Waals surface area (Å²) in [4.78, 5) is 16.3. The van der Waals surface area contributed by atoms with Crippen molar-refractivity contribution in [3.05, 3.63) is 64.8 Å². The van der Waals surface area contributed by atoms with Crippen LogP contribution in [0.3, 0.4) is 0 Å². The number of hydrogen-bond donors (Lipinski definition) is 0. The number of ether oxygens (including phenoxy) is 1. The lowest BCUT2D eigenvalue weighted by Gasteiger charge is -2.05. The van der Waals surface area contributed by atoms with Crippen molar-refractivity contribution in [2.24, 2.45) is 0 Å². The summed E-state index contributed by atoms with van der Waals surface area (Å²) in [6, 6.07) is 11.4. The van der Waals surface area contributed by atoms with Gasteiger partial charge in [0.15, 0.2) is 12.4 Å². The van der Waals surface area contributed by atoms with Crippen LogP contribution in [0.25, 0.3) is 11.3 Å². The van der Waals surface area contributed by atoms with Crippen LogP contribution >= 0.6 is 15.9 Å². The molecule has 3 rings (SSSR count). The van der Waals surface area contributed by atoms with Gasteiger partial charge in [-0.05, 0) is 28.9 Å². The minimum absolute atomic E-state index is 0.00181. The molecular formula is C17H15BrN2O3. The van der Waals surface area contributed by atoms with Crippen molar-refractivity contribution in [3.63, 3.8) is 0 Å². The van der Waals surface area contributed by atoms with Gasteiger partial charge in [0.1, 0.15) is 5.69 Å². The van der Waals surface area contributed by atoms with Crippen LogP contribution in [0.1, 0.15) is 23.3 Å². The van der Waals surface area contributed by atoms with Crippen molar-refractivity contribution < 1.29 is 13.9 Å². The summed E-state index contributed by atoms with van der Waals surface area (Å²) >= 11 is 3.36. The number of aromatic nitrogens is 2. The summed E-state index contributed by atoms with van der Waals surface area (Å²) in [6.45, 7) is 2.65. The molecular weight excluding hydrogens is 360 g/mol. The summed E-state index contributed by atoms with van der Waals surface area (Å²) in [6.07, 6.45) is 3.47. The minimum Gasteiger partial charge on any atom is -0.451 e.